The van der Waals surface area contributed by atoms with Crippen molar-refractivity contribution in [1.29, 1.82) is 5.26 Å². The van der Waals surface area contributed by atoms with E-state index < -0.39 is 5.60 Å². The van der Waals surface area contributed by atoms with Crippen LogP contribution in [-0.4, -0.2) is 23.3 Å². The Morgan fingerprint density at radius 1 is 1.36 bits per heavy atom. The van der Waals surface area contributed by atoms with E-state index in [1.165, 1.54) is 12.8 Å². The second-order valence-corrected chi connectivity index (χ2v) is 4.37. The van der Waals surface area contributed by atoms with Crippen molar-refractivity contribution in [2.45, 2.75) is 57.1 Å². The summed E-state index contributed by atoms with van der Waals surface area (Å²) in [6.07, 6.45) is 6.43. The van der Waals surface area contributed by atoms with Gasteiger partial charge in [0.1, 0.15) is 0 Å². The monoisotopic (exact) mass is 196 g/mol. The third kappa shape index (κ3) is 3.65. The number of aliphatic hydroxyl groups is 1. The lowest BCUT2D eigenvalue weighted by Gasteiger charge is -2.27. The Kier molecular flexibility index (Phi) is 4.37. The van der Waals surface area contributed by atoms with Crippen LogP contribution in [0.4, 0.5) is 0 Å². The van der Waals surface area contributed by atoms with Crippen LogP contribution in [0.15, 0.2) is 0 Å². The molecule has 0 radical (unpaired) electrons. The maximum Gasteiger partial charge on any atom is 0.0925 e. The lowest BCUT2D eigenvalue weighted by molar-refractivity contribution is 0.0244. The van der Waals surface area contributed by atoms with E-state index in [-0.39, 0.29) is 6.04 Å². The van der Waals surface area contributed by atoms with Crippen molar-refractivity contribution in [3.8, 4) is 6.07 Å². The van der Waals surface area contributed by atoms with Crippen LogP contribution in [0.2, 0.25) is 0 Å². The molecule has 1 unspecified atom stereocenters. The standard InChI is InChI=1S/C11H20N2O/c1-10(8-12)13-9-11(14)6-4-2-3-5-7-11/h10,13-14H,2-7,9H2,1H3. The Bertz CT molecular complexity index is 202. The van der Waals surface area contributed by atoms with Gasteiger partial charge in [-0.25, -0.2) is 0 Å². The predicted octanol–water partition coefficient (Wildman–Crippen LogP) is 1.57. The summed E-state index contributed by atoms with van der Waals surface area (Å²) in [6.45, 7) is 2.38. The number of nitriles is 1. The Morgan fingerprint density at radius 2 is 1.93 bits per heavy atom. The molecule has 0 aromatic carbocycles. The highest BCUT2D eigenvalue weighted by molar-refractivity contribution is 4.90. The highest BCUT2D eigenvalue weighted by Gasteiger charge is 2.27. The molecule has 0 aromatic heterocycles. The van der Waals surface area contributed by atoms with Crippen molar-refractivity contribution in [3.63, 3.8) is 0 Å². The number of nitrogens with one attached hydrogen (secondary N) is 1. The Labute approximate surface area is 86.1 Å². The van der Waals surface area contributed by atoms with Crippen LogP contribution in [-0.2, 0) is 0 Å². The molecular weight excluding hydrogens is 176 g/mol. The third-order valence-electron chi connectivity index (χ3n) is 2.97. The van der Waals surface area contributed by atoms with Crippen LogP contribution in [0.3, 0.4) is 0 Å². The van der Waals surface area contributed by atoms with Gasteiger partial charge in [-0.1, -0.05) is 25.7 Å². The molecule has 80 valence electrons. The molecule has 0 amide bonds. The van der Waals surface area contributed by atoms with Crippen molar-refractivity contribution in [2.75, 3.05) is 6.54 Å². The summed E-state index contributed by atoms with van der Waals surface area (Å²) in [5.74, 6) is 0. The molecule has 14 heavy (non-hydrogen) atoms. The largest absolute Gasteiger partial charge is 0.389 e. The highest BCUT2D eigenvalue weighted by atomic mass is 16.3. The van der Waals surface area contributed by atoms with Gasteiger partial charge in [0.15, 0.2) is 0 Å². The van der Waals surface area contributed by atoms with Gasteiger partial charge in [-0.2, -0.15) is 5.26 Å². The SMILES string of the molecule is CC(C#N)NCC1(O)CCCCCC1. The third-order valence-corrected chi connectivity index (χ3v) is 2.97. The van der Waals surface area contributed by atoms with Gasteiger partial charge in [0.05, 0.1) is 17.7 Å². The van der Waals surface area contributed by atoms with Gasteiger partial charge in [-0.3, -0.25) is 5.32 Å². The van der Waals surface area contributed by atoms with Crippen molar-refractivity contribution < 1.29 is 5.11 Å². The highest BCUT2D eigenvalue weighted by Crippen LogP contribution is 2.26. The lowest BCUT2D eigenvalue weighted by atomic mass is 9.94. The van der Waals surface area contributed by atoms with Gasteiger partial charge in [-0.05, 0) is 19.8 Å². The van der Waals surface area contributed by atoms with Crippen molar-refractivity contribution >= 4 is 0 Å². The fourth-order valence-electron chi connectivity index (χ4n) is 1.95. The Balaban J connectivity index is 2.36. The molecule has 0 saturated heterocycles. The summed E-state index contributed by atoms with van der Waals surface area (Å²) < 4.78 is 0. The molecule has 0 aromatic rings. The van der Waals surface area contributed by atoms with Gasteiger partial charge in [0.25, 0.3) is 0 Å². The van der Waals surface area contributed by atoms with E-state index in [4.69, 9.17) is 5.26 Å². The summed E-state index contributed by atoms with van der Waals surface area (Å²) in [7, 11) is 0. The zero-order valence-electron chi connectivity index (χ0n) is 8.92. The zero-order chi connectivity index (χ0) is 10.4. The van der Waals surface area contributed by atoms with Crippen LogP contribution >= 0.6 is 0 Å². The fourth-order valence-corrected chi connectivity index (χ4v) is 1.95. The van der Waals surface area contributed by atoms with E-state index in [1.54, 1.807) is 0 Å². The van der Waals surface area contributed by atoms with Gasteiger partial charge >= 0.3 is 0 Å². The zero-order valence-corrected chi connectivity index (χ0v) is 8.92. The average molecular weight is 196 g/mol. The van der Waals surface area contributed by atoms with Crippen molar-refractivity contribution in [1.82, 2.24) is 5.32 Å². The summed E-state index contributed by atoms with van der Waals surface area (Å²) in [4.78, 5) is 0. The summed E-state index contributed by atoms with van der Waals surface area (Å²) in [5, 5.41) is 21.9. The van der Waals surface area contributed by atoms with E-state index in [0.717, 1.165) is 25.7 Å². The second-order valence-electron chi connectivity index (χ2n) is 4.37. The van der Waals surface area contributed by atoms with Gasteiger partial charge < -0.3 is 5.11 Å². The molecule has 1 fully saturated rings. The smallest absolute Gasteiger partial charge is 0.0925 e. The minimum atomic E-state index is -0.568. The van der Waals surface area contributed by atoms with E-state index in [1.807, 2.05) is 6.92 Å². The first-order chi connectivity index (χ1) is 6.66. The average Bonchev–Trinajstić information content (AvgIpc) is 2.40. The van der Waals surface area contributed by atoms with Crippen LogP contribution in [0.5, 0.6) is 0 Å². The molecule has 3 heteroatoms. The van der Waals surface area contributed by atoms with Crippen molar-refractivity contribution in [2.24, 2.45) is 0 Å². The maximum atomic E-state index is 10.2. The molecule has 2 N–H and O–H groups in total. The normalized spacial score (nSPS) is 23.5. The minimum Gasteiger partial charge on any atom is -0.389 e. The molecular formula is C11H20N2O. The second kappa shape index (κ2) is 5.33. The first-order valence-electron chi connectivity index (χ1n) is 5.52. The molecule has 0 bridgehead atoms. The van der Waals surface area contributed by atoms with E-state index in [9.17, 15) is 5.11 Å². The minimum absolute atomic E-state index is 0.165. The summed E-state index contributed by atoms with van der Waals surface area (Å²) >= 11 is 0. The predicted molar refractivity (Wildman–Crippen MR) is 55.7 cm³/mol. The molecule has 0 aliphatic heterocycles. The lowest BCUT2D eigenvalue weighted by Crippen LogP contribution is -2.43. The van der Waals surface area contributed by atoms with Gasteiger partial charge in [-0.15, -0.1) is 0 Å². The number of hydrogen-bond acceptors (Lipinski definition) is 3. The van der Waals surface area contributed by atoms with E-state index >= 15 is 0 Å². The number of rotatable bonds is 3. The van der Waals surface area contributed by atoms with E-state index in [2.05, 4.69) is 11.4 Å². The van der Waals surface area contributed by atoms with Gasteiger partial charge in [0, 0.05) is 6.54 Å². The van der Waals surface area contributed by atoms with Crippen LogP contribution in [0.25, 0.3) is 0 Å². The number of hydrogen-bond donors (Lipinski definition) is 2. The molecule has 3 nitrogen and oxygen atoms in total. The topological polar surface area (TPSA) is 56.0 Å². The van der Waals surface area contributed by atoms with Crippen LogP contribution < -0.4 is 5.32 Å². The summed E-state index contributed by atoms with van der Waals surface area (Å²) in [5.41, 5.74) is -0.568. The molecule has 1 aliphatic carbocycles. The molecule has 0 heterocycles. The molecule has 0 spiro atoms. The summed E-state index contributed by atoms with van der Waals surface area (Å²) in [6, 6.07) is 1.95. The van der Waals surface area contributed by atoms with Crippen molar-refractivity contribution in [3.05, 3.63) is 0 Å². The van der Waals surface area contributed by atoms with Crippen LogP contribution in [0, 0.1) is 11.3 Å². The fraction of sp³-hybridized carbons (Fsp3) is 0.909. The maximum absolute atomic E-state index is 10.2. The first-order valence-corrected chi connectivity index (χ1v) is 5.52. The molecule has 1 saturated carbocycles. The first kappa shape index (κ1) is 11.5. The molecule has 1 rings (SSSR count). The van der Waals surface area contributed by atoms with E-state index in [0.29, 0.717) is 6.54 Å². The molecule has 1 aliphatic rings. The van der Waals surface area contributed by atoms with Gasteiger partial charge in [0.2, 0.25) is 0 Å². The molecule has 1 atom stereocenters. The quantitative estimate of drug-likeness (QED) is 0.674. The van der Waals surface area contributed by atoms with Crippen LogP contribution in [0.1, 0.15) is 45.4 Å². The number of nitrogens with zero attached hydrogens (tertiary/aromatic N) is 1. The Hall–Kier alpha value is -0.590. The Morgan fingerprint density at radius 3 is 2.43 bits per heavy atom.